The van der Waals surface area contributed by atoms with Crippen molar-refractivity contribution in [1.82, 2.24) is 24.5 Å². The molecule has 280 valence electrons. The van der Waals surface area contributed by atoms with E-state index >= 15 is 4.39 Å². The van der Waals surface area contributed by atoms with E-state index in [0.29, 0.717) is 35.8 Å². The lowest BCUT2D eigenvalue weighted by atomic mass is 9.77. The van der Waals surface area contributed by atoms with Gasteiger partial charge in [0.15, 0.2) is 0 Å². The molecule has 1 fully saturated rings. The maximum absolute atomic E-state index is 15.7. The first-order valence-corrected chi connectivity index (χ1v) is 25.6. The Bertz CT molecular complexity index is 1960. The molecule has 0 amide bonds. The van der Waals surface area contributed by atoms with Crippen LogP contribution in [0.25, 0.3) is 10.8 Å². The van der Waals surface area contributed by atoms with Gasteiger partial charge in [-0.1, -0.05) is 63.5 Å². The highest BCUT2D eigenvalue weighted by atomic mass is 28.3. The Morgan fingerprint density at radius 3 is 2.06 bits per heavy atom. The number of aromatic nitrogens is 5. The van der Waals surface area contributed by atoms with E-state index in [9.17, 15) is 4.79 Å². The quantitative estimate of drug-likeness (QED) is 0.115. The molecule has 52 heavy (non-hydrogen) atoms. The molecular weight excluding hydrogens is 694 g/mol. The van der Waals surface area contributed by atoms with E-state index < -0.39 is 57.8 Å². The minimum atomic E-state index is -1.40. The van der Waals surface area contributed by atoms with Gasteiger partial charge >= 0.3 is 7.12 Å². The Hall–Kier alpha value is -3.21. The van der Waals surface area contributed by atoms with Gasteiger partial charge in [0.2, 0.25) is 0 Å². The number of rotatable bonds is 13. The van der Waals surface area contributed by atoms with Gasteiger partial charge in [-0.25, -0.2) is 14.1 Å². The Morgan fingerprint density at radius 1 is 0.904 bits per heavy atom. The first-order chi connectivity index (χ1) is 24.3. The Kier molecular flexibility index (Phi) is 10.5. The number of nitrogens with zero attached hydrogens (tertiary/aromatic N) is 6. The van der Waals surface area contributed by atoms with Crippen molar-refractivity contribution in [3.63, 3.8) is 0 Å². The van der Waals surface area contributed by atoms with Crippen molar-refractivity contribution >= 4 is 45.2 Å². The van der Waals surface area contributed by atoms with E-state index in [2.05, 4.69) is 61.4 Å². The number of aryl methyl sites for hydroxylation is 1. The lowest BCUT2D eigenvalue weighted by Crippen LogP contribution is -2.42. The maximum Gasteiger partial charge on any atom is 0.494 e. The molecule has 0 saturated carbocycles. The molecule has 0 N–H and O–H groups in total. The van der Waals surface area contributed by atoms with E-state index in [1.165, 1.54) is 23.1 Å². The van der Waals surface area contributed by atoms with Crippen LogP contribution in [0.15, 0.2) is 47.5 Å². The van der Waals surface area contributed by atoms with Crippen LogP contribution in [0.1, 0.15) is 56.7 Å². The molecule has 0 aliphatic carbocycles. The van der Waals surface area contributed by atoms with Crippen LogP contribution in [0.3, 0.4) is 0 Å². The van der Waals surface area contributed by atoms with Gasteiger partial charge in [-0.3, -0.25) is 9.48 Å². The fourth-order valence-electron chi connectivity index (χ4n) is 6.68. The first kappa shape index (κ1) is 38.5. The third-order valence-corrected chi connectivity index (χ3v) is 14.0. The molecule has 11 nitrogen and oxygen atoms in total. The molecule has 1 saturated heterocycles. The van der Waals surface area contributed by atoms with E-state index in [1.807, 2.05) is 46.9 Å². The van der Waals surface area contributed by atoms with Crippen molar-refractivity contribution in [3.8, 4) is 0 Å². The van der Waals surface area contributed by atoms with Crippen molar-refractivity contribution in [1.29, 1.82) is 0 Å². The van der Waals surface area contributed by atoms with Crippen LogP contribution in [0, 0.1) is 5.82 Å². The number of halogens is 1. The fourth-order valence-corrected chi connectivity index (χ4v) is 8.19. The van der Waals surface area contributed by atoms with E-state index in [0.717, 1.165) is 23.1 Å². The highest BCUT2D eigenvalue weighted by Gasteiger charge is 2.52. The highest BCUT2D eigenvalue weighted by Crippen LogP contribution is 2.50. The maximum atomic E-state index is 15.7. The molecule has 2 aliphatic heterocycles. The monoisotopic (exact) mass is 748 g/mol. The molecule has 15 heteroatoms. The molecule has 2 aromatic carbocycles. The standard InChI is InChI=1S/C37H54BFN6O5Si2/c1-36(2)37(3,4)50-38(49-36)26-14-12-25(13-15-26)33-31(34-40-22-41-43(34)5)32-30-28(35(46)45(42-32)24-48-17-19-52(9,10)11)20-27(39)21-29(30)44(33)23-47-16-18-51(6,7)8/h12-15,20-22,31,33H,16-19,23-24H2,1-11H3. The molecular formula is C37H54BFN6O5Si2. The average molecular weight is 749 g/mol. The minimum Gasteiger partial charge on any atom is -0.399 e. The molecule has 4 aromatic rings. The van der Waals surface area contributed by atoms with Gasteiger partial charge in [-0.15, -0.1) is 0 Å². The van der Waals surface area contributed by atoms with Gasteiger partial charge in [-0.2, -0.15) is 10.2 Å². The van der Waals surface area contributed by atoms with Crippen molar-refractivity contribution in [2.24, 2.45) is 7.05 Å². The number of hydrogen-bond donors (Lipinski definition) is 0. The molecule has 2 aromatic heterocycles. The lowest BCUT2D eigenvalue weighted by Gasteiger charge is -2.42. The predicted molar refractivity (Wildman–Crippen MR) is 209 cm³/mol. The average Bonchev–Trinajstić information content (AvgIpc) is 3.56. The second kappa shape index (κ2) is 14.2. The van der Waals surface area contributed by atoms with Gasteiger partial charge < -0.3 is 23.7 Å². The van der Waals surface area contributed by atoms with Gasteiger partial charge in [0.05, 0.1) is 39.9 Å². The van der Waals surface area contributed by atoms with E-state index in [4.69, 9.17) is 28.9 Å². The molecule has 2 atom stereocenters. The molecule has 6 rings (SSSR count). The van der Waals surface area contributed by atoms with Crippen molar-refractivity contribution < 1.29 is 23.2 Å². The third-order valence-electron chi connectivity index (χ3n) is 10.6. The van der Waals surface area contributed by atoms with Gasteiger partial charge in [0.1, 0.15) is 31.4 Å². The zero-order chi connectivity index (χ0) is 37.8. The summed E-state index contributed by atoms with van der Waals surface area (Å²) in [5, 5.41) is 10.3. The van der Waals surface area contributed by atoms with Gasteiger partial charge in [0.25, 0.3) is 5.56 Å². The second-order valence-corrected chi connectivity index (χ2v) is 28.9. The van der Waals surface area contributed by atoms with E-state index in [-0.39, 0.29) is 18.8 Å². The van der Waals surface area contributed by atoms with Crippen molar-refractivity contribution in [3.05, 3.63) is 76.0 Å². The summed E-state index contributed by atoms with van der Waals surface area (Å²) >= 11 is 0. The molecule has 0 spiro atoms. The zero-order valence-corrected chi connectivity index (χ0v) is 34.6. The number of hydrogen-bond acceptors (Lipinski definition) is 9. The van der Waals surface area contributed by atoms with Crippen LogP contribution in [0.5, 0.6) is 0 Å². The summed E-state index contributed by atoms with van der Waals surface area (Å²) in [5.41, 5.74) is 1.60. The predicted octanol–water partition coefficient (Wildman–Crippen LogP) is 6.28. The lowest BCUT2D eigenvalue weighted by molar-refractivity contribution is 0.00578. The summed E-state index contributed by atoms with van der Waals surface area (Å²) < 4.78 is 43.9. The molecule has 2 aliphatic rings. The summed E-state index contributed by atoms with van der Waals surface area (Å²) in [6.07, 6.45) is 1.52. The van der Waals surface area contributed by atoms with Crippen LogP contribution in [0.4, 0.5) is 10.1 Å². The molecule has 2 unspecified atom stereocenters. The van der Waals surface area contributed by atoms with Crippen LogP contribution in [0.2, 0.25) is 51.4 Å². The van der Waals surface area contributed by atoms with Crippen LogP contribution in [-0.2, 0) is 32.6 Å². The normalized spacial score (nSPS) is 19.9. The number of anilines is 1. The topological polar surface area (TPSA) is 106 Å². The number of benzene rings is 2. The minimum absolute atomic E-state index is 0.0411. The van der Waals surface area contributed by atoms with E-state index in [1.54, 1.807) is 4.68 Å². The van der Waals surface area contributed by atoms with Crippen LogP contribution < -0.4 is 15.9 Å². The molecule has 0 radical (unpaired) electrons. The number of ether oxygens (including phenoxy) is 2. The zero-order valence-electron chi connectivity index (χ0n) is 32.6. The molecule has 0 bridgehead atoms. The van der Waals surface area contributed by atoms with Crippen LogP contribution >= 0.6 is 0 Å². The first-order valence-electron chi connectivity index (χ1n) is 18.2. The van der Waals surface area contributed by atoms with Crippen molar-refractivity contribution in [2.75, 3.05) is 24.8 Å². The highest BCUT2D eigenvalue weighted by molar-refractivity contribution is 6.76. The fraction of sp³-hybridized carbons (Fsp3) is 0.568. The summed E-state index contributed by atoms with van der Waals surface area (Å²) in [7, 11) is -1.44. The smallest absolute Gasteiger partial charge is 0.399 e. The Balaban J connectivity index is 1.49. The summed E-state index contributed by atoms with van der Waals surface area (Å²) in [5.74, 6) is -0.368. The SMILES string of the molecule is Cn1ncnc1C1c2nn(COCC[Si](C)(C)C)c(=O)c3cc(F)cc(c23)N(COCC[Si](C)(C)C)C1c1ccc(B2OC(C)(C)C(C)(C)O2)cc1. The summed E-state index contributed by atoms with van der Waals surface area (Å²) in [4.78, 5) is 20.8. The largest absolute Gasteiger partial charge is 0.494 e. The van der Waals surface area contributed by atoms with Gasteiger partial charge in [0, 0.05) is 41.8 Å². The second-order valence-electron chi connectivity index (χ2n) is 17.6. The summed E-state index contributed by atoms with van der Waals surface area (Å²) in [6.45, 7) is 23.1. The third kappa shape index (κ3) is 7.85. The van der Waals surface area contributed by atoms with Gasteiger partial charge in [-0.05, 0) is 62.9 Å². The Labute approximate surface area is 309 Å². The Morgan fingerprint density at radius 2 is 1.50 bits per heavy atom. The van der Waals surface area contributed by atoms with Crippen molar-refractivity contribution in [2.45, 2.75) is 109 Å². The van der Waals surface area contributed by atoms with Crippen LogP contribution in [-0.4, -0.2) is 79.0 Å². The molecule has 4 heterocycles. The summed E-state index contributed by atoms with van der Waals surface area (Å²) in [6, 6.07) is 12.4.